The van der Waals surface area contributed by atoms with Gasteiger partial charge in [0.2, 0.25) is 5.91 Å². The molecule has 1 aromatic heterocycles. The third-order valence-electron chi connectivity index (χ3n) is 4.68. The Labute approximate surface area is 153 Å². The first-order valence-corrected chi connectivity index (χ1v) is 8.88. The van der Waals surface area contributed by atoms with E-state index < -0.39 is 0 Å². The monoisotopic (exact) mass is 348 g/mol. The molecule has 3 rings (SSSR count). The molecule has 0 fully saturated rings. The van der Waals surface area contributed by atoms with E-state index in [0.717, 1.165) is 33.2 Å². The highest BCUT2D eigenvalue weighted by Gasteiger charge is 2.08. The summed E-state index contributed by atoms with van der Waals surface area (Å²) in [6.07, 6.45) is 0.867. The Morgan fingerprint density at radius 2 is 1.81 bits per heavy atom. The highest BCUT2D eigenvalue weighted by Crippen LogP contribution is 2.19. The van der Waals surface area contributed by atoms with E-state index in [1.165, 1.54) is 0 Å². The minimum absolute atomic E-state index is 0.0279. The molecule has 1 heterocycles. The first-order chi connectivity index (χ1) is 12.4. The quantitative estimate of drug-likeness (QED) is 0.743. The molecule has 2 N–H and O–H groups in total. The zero-order valence-electron chi connectivity index (χ0n) is 15.5. The number of aromatic amines is 1. The minimum Gasteiger partial charge on any atom is -0.355 e. The summed E-state index contributed by atoms with van der Waals surface area (Å²) < 4.78 is 0. The van der Waals surface area contributed by atoms with Crippen molar-refractivity contribution in [3.8, 4) is 0 Å². The van der Waals surface area contributed by atoms with Gasteiger partial charge in [0.25, 0.3) is 5.56 Å². The molecule has 134 valence electrons. The molecule has 0 aliphatic carbocycles. The van der Waals surface area contributed by atoms with Crippen LogP contribution < -0.4 is 10.9 Å². The van der Waals surface area contributed by atoms with E-state index in [-0.39, 0.29) is 11.5 Å². The van der Waals surface area contributed by atoms with Crippen molar-refractivity contribution in [3.05, 3.63) is 80.6 Å². The van der Waals surface area contributed by atoms with Gasteiger partial charge < -0.3 is 10.3 Å². The van der Waals surface area contributed by atoms with Gasteiger partial charge >= 0.3 is 0 Å². The standard InChI is InChI=1S/C22H24N2O2/c1-14-5-4-6-17(11-14)12-20(25)23-10-9-18-13-19-15(2)7-8-16(3)21(19)24-22(18)26/h4-8,11,13H,9-10,12H2,1-3H3,(H,23,25)(H,24,26). The van der Waals surface area contributed by atoms with Gasteiger partial charge in [-0.3, -0.25) is 9.59 Å². The zero-order chi connectivity index (χ0) is 18.7. The number of rotatable bonds is 5. The van der Waals surface area contributed by atoms with Crippen molar-refractivity contribution < 1.29 is 4.79 Å². The predicted octanol–water partition coefficient (Wildman–Crippen LogP) is 3.35. The molecule has 0 bridgehead atoms. The van der Waals surface area contributed by atoms with E-state index in [2.05, 4.69) is 16.4 Å². The van der Waals surface area contributed by atoms with Gasteiger partial charge in [0.05, 0.1) is 11.9 Å². The fourth-order valence-corrected chi connectivity index (χ4v) is 3.21. The average molecular weight is 348 g/mol. The third-order valence-corrected chi connectivity index (χ3v) is 4.68. The van der Waals surface area contributed by atoms with Gasteiger partial charge in [-0.15, -0.1) is 0 Å². The number of benzene rings is 2. The van der Waals surface area contributed by atoms with E-state index in [1.807, 2.05) is 57.2 Å². The lowest BCUT2D eigenvalue weighted by molar-refractivity contribution is -0.120. The predicted molar refractivity (Wildman–Crippen MR) is 106 cm³/mol. The molecule has 26 heavy (non-hydrogen) atoms. The van der Waals surface area contributed by atoms with Crippen molar-refractivity contribution in [1.29, 1.82) is 0 Å². The third kappa shape index (κ3) is 4.02. The van der Waals surface area contributed by atoms with Gasteiger partial charge in [0, 0.05) is 17.5 Å². The van der Waals surface area contributed by atoms with Crippen molar-refractivity contribution in [2.24, 2.45) is 0 Å². The number of aromatic nitrogens is 1. The number of amides is 1. The minimum atomic E-state index is -0.0841. The number of nitrogens with one attached hydrogen (secondary N) is 2. The number of carbonyl (C=O) groups excluding carboxylic acids is 1. The highest BCUT2D eigenvalue weighted by atomic mass is 16.1. The zero-order valence-corrected chi connectivity index (χ0v) is 15.5. The summed E-state index contributed by atoms with van der Waals surface area (Å²) in [5.74, 6) is -0.0279. The Morgan fingerprint density at radius 3 is 2.58 bits per heavy atom. The number of H-pyrrole nitrogens is 1. The summed E-state index contributed by atoms with van der Waals surface area (Å²) in [6, 6.07) is 13.9. The van der Waals surface area contributed by atoms with Gasteiger partial charge in [-0.25, -0.2) is 0 Å². The van der Waals surface area contributed by atoms with Crippen LogP contribution in [0.1, 0.15) is 27.8 Å². The Hall–Kier alpha value is -2.88. The molecule has 0 spiro atoms. The summed E-state index contributed by atoms with van der Waals surface area (Å²) in [7, 11) is 0. The molecule has 0 unspecified atom stereocenters. The van der Waals surface area contributed by atoms with Crippen LogP contribution in [0.25, 0.3) is 10.9 Å². The molecule has 0 aliphatic heterocycles. The van der Waals surface area contributed by atoms with Crippen LogP contribution in [0.3, 0.4) is 0 Å². The van der Waals surface area contributed by atoms with Crippen molar-refractivity contribution in [2.75, 3.05) is 6.54 Å². The normalized spacial score (nSPS) is 10.9. The Balaban J connectivity index is 1.66. The maximum absolute atomic E-state index is 12.3. The first-order valence-electron chi connectivity index (χ1n) is 8.88. The second-order valence-corrected chi connectivity index (χ2v) is 6.88. The number of aryl methyl sites for hydroxylation is 3. The highest BCUT2D eigenvalue weighted by molar-refractivity contribution is 5.85. The average Bonchev–Trinajstić information content (AvgIpc) is 2.59. The van der Waals surface area contributed by atoms with E-state index in [0.29, 0.717) is 24.9 Å². The number of carbonyl (C=O) groups is 1. The summed E-state index contributed by atoms with van der Waals surface area (Å²) in [5.41, 5.74) is 5.83. The van der Waals surface area contributed by atoms with Crippen molar-refractivity contribution in [2.45, 2.75) is 33.6 Å². The van der Waals surface area contributed by atoms with E-state index >= 15 is 0 Å². The van der Waals surface area contributed by atoms with Crippen LogP contribution in [0, 0.1) is 20.8 Å². The van der Waals surface area contributed by atoms with Crippen molar-refractivity contribution in [3.63, 3.8) is 0 Å². The largest absolute Gasteiger partial charge is 0.355 e. The summed E-state index contributed by atoms with van der Waals surface area (Å²) in [4.78, 5) is 27.4. The maximum Gasteiger partial charge on any atom is 0.251 e. The summed E-state index contributed by atoms with van der Waals surface area (Å²) >= 11 is 0. The van der Waals surface area contributed by atoms with Gasteiger partial charge in [-0.1, -0.05) is 42.0 Å². The molecule has 4 heteroatoms. The van der Waals surface area contributed by atoms with Crippen molar-refractivity contribution in [1.82, 2.24) is 10.3 Å². The molecule has 0 aliphatic rings. The van der Waals surface area contributed by atoms with Gasteiger partial charge in [0.1, 0.15) is 0 Å². The van der Waals surface area contributed by atoms with Gasteiger partial charge in [-0.2, -0.15) is 0 Å². The van der Waals surface area contributed by atoms with Crippen LogP contribution in [-0.4, -0.2) is 17.4 Å². The Morgan fingerprint density at radius 1 is 1.04 bits per heavy atom. The van der Waals surface area contributed by atoms with Crippen LogP contribution in [-0.2, 0) is 17.6 Å². The number of hydrogen-bond donors (Lipinski definition) is 2. The molecule has 4 nitrogen and oxygen atoms in total. The second kappa shape index (κ2) is 7.56. The lowest BCUT2D eigenvalue weighted by atomic mass is 10.0. The molecule has 0 radical (unpaired) electrons. The molecule has 2 aromatic carbocycles. The molecule has 3 aromatic rings. The SMILES string of the molecule is Cc1cccc(CC(=O)NCCc2cc3c(C)ccc(C)c3[nH]c2=O)c1. The maximum atomic E-state index is 12.3. The van der Waals surface area contributed by atoms with Crippen LogP contribution in [0.2, 0.25) is 0 Å². The lowest BCUT2D eigenvalue weighted by Gasteiger charge is -2.09. The first kappa shape index (κ1) is 17.9. The topological polar surface area (TPSA) is 62.0 Å². The number of pyridine rings is 1. The smallest absolute Gasteiger partial charge is 0.251 e. The molecule has 0 saturated heterocycles. The van der Waals surface area contributed by atoms with Gasteiger partial charge in [-0.05, 0) is 49.9 Å². The van der Waals surface area contributed by atoms with E-state index in [9.17, 15) is 9.59 Å². The molecular weight excluding hydrogens is 324 g/mol. The number of fused-ring (bicyclic) bond motifs is 1. The fraction of sp³-hybridized carbons (Fsp3) is 0.273. The van der Waals surface area contributed by atoms with E-state index in [4.69, 9.17) is 0 Å². The summed E-state index contributed by atoms with van der Waals surface area (Å²) in [6.45, 7) is 6.48. The van der Waals surface area contributed by atoms with Gasteiger partial charge in [0.15, 0.2) is 0 Å². The van der Waals surface area contributed by atoms with E-state index in [1.54, 1.807) is 0 Å². The van der Waals surface area contributed by atoms with Crippen LogP contribution in [0.4, 0.5) is 0 Å². The van der Waals surface area contributed by atoms with Crippen molar-refractivity contribution >= 4 is 16.8 Å². The number of hydrogen-bond acceptors (Lipinski definition) is 2. The lowest BCUT2D eigenvalue weighted by Crippen LogP contribution is -2.28. The molecule has 0 saturated carbocycles. The van der Waals surface area contributed by atoms with Crippen LogP contribution >= 0.6 is 0 Å². The molecule has 1 amide bonds. The molecular formula is C22H24N2O2. The Bertz CT molecular complexity index is 1020. The Kier molecular flexibility index (Phi) is 5.21. The van der Waals surface area contributed by atoms with Crippen LogP contribution in [0.5, 0.6) is 0 Å². The molecule has 0 atom stereocenters. The second-order valence-electron chi connectivity index (χ2n) is 6.88. The van der Waals surface area contributed by atoms with Crippen LogP contribution in [0.15, 0.2) is 47.3 Å². The summed E-state index contributed by atoms with van der Waals surface area (Å²) in [5, 5.41) is 3.97. The fourth-order valence-electron chi connectivity index (χ4n) is 3.21.